The monoisotopic (exact) mass is 250 g/mol. The van der Waals surface area contributed by atoms with Gasteiger partial charge in [-0.1, -0.05) is 13.0 Å². The predicted molar refractivity (Wildman–Crippen MR) is 49.1 cm³/mol. The number of hydrogen-bond acceptors (Lipinski definition) is 4. The van der Waals surface area contributed by atoms with Gasteiger partial charge in [0.1, 0.15) is 0 Å². The van der Waals surface area contributed by atoms with E-state index in [1.54, 1.807) is 6.07 Å². The second kappa shape index (κ2) is 5.48. The summed E-state index contributed by atoms with van der Waals surface area (Å²) in [6.07, 6.45) is -3.92. The molecule has 8 heteroatoms. The van der Waals surface area contributed by atoms with E-state index in [-0.39, 0.29) is 17.5 Å². The quantitative estimate of drug-likeness (QED) is 0.767. The Morgan fingerprint density at radius 1 is 1.47 bits per heavy atom. The van der Waals surface area contributed by atoms with Crippen molar-refractivity contribution in [3.63, 3.8) is 0 Å². The summed E-state index contributed by atoms with van der Waals surface area (Å²) < 4.78 is 36.0. The Balaban J connectivity index is 2.74. The number of amides is 1. The fourth-order valence-corrected chi connectivity index (χ4v) is 0.830. The topological polar surface area (TPSA) is 51.7 Å². The highest BCUT2D eigenvalue weighted by atomic mass is 19.4. The summed E-state index contributed by atoms with van der Waals surface area (Å²) in [5, 5.41) is -0.234. The minimum Gasteiger partial charge on any atom is -0.330 e. The van der Waals surface area contributed by atoms with E-state index in [0.717, 1.165) is 0 Å². The lowest BCUT2D eigenvalue weighted by Gasteiger charge is -2.20. The van der Waals surface area contributed by atoms with Crippen LogP contribution in [0.3, 0.4) is 0 Å². The number of nitrogens with zero attached hydrogens (tertiary/aromatic N) is 2. The van der Waals surface area contributed by atoms with Gasteiger partial charge in [-0.2, -0.15) is 0 Å². The molecular formula is C9H9F3N2O3. The van der Waals surface area contributed by atoms with Gasteiger partial charge in [0.15, 0.2) is 0 Å². The zero-order valence-electron chi connectivity index (χ0n) is 8.77. The lowest BCUT2D eigenvalue weighted by Crippen LogP contribution is -2.39. The van der Waals surface area contributed by atoms with Gasteiger partial charge in [-0.3, -0.25) is 4.79 Å². The molecule has 1 amide bonds. The molecule has 17 heavy (non-hydrogen) atoms. The maximum Gasteiger partial charge on any atom is 0.546 e. The summed E-state index contributed by atoms with van der Waals surface area (Å²) in [6.45, 7) is 1.37. The number of halogens is 3. The Morgan fingerprint density at radius 2 is 2.18 bits per heavy atom. The number of rotatable bonds is 4. The molecule has 0 saturated heterocycles. The summed E-state index contributed by atoms with van der Waals surface area (Å²) in [7, 11) is 0. The average Bonchev–Trinajstić information content (AvgIpc) is 2.27. The standard InChI is InChI=1S/C9H9F3N2O3/c1-2-8(15)14(17-9(10,11)12)16-7-5-3-4-6-13-7/h3-6H,2H2,1H3. The van der Waals surface area contributed by atoms with Crippen LogP contribution in [0, 0.1) is 0 Å². The zero-order valence-corrected chi connectivity index (χ0v) is 8.77. The van der Waals surface area contributed by atoms with Gasteiger partial charge in [0.25, 0.3) is 5.91 Å². The first-order chi connectivity index (χ1) is 7.92. The lowest BCUT2D eigenvalue weighted by molar-refractivity contribution is -0.456. The van der Waals surface area contributed by atoms with Gasteiger partial charge in [-0.05, 0) is 11.3 Å². The van der Waals surface area contributed by atoms with E-state index >= 15 is 0 Å². The first-order valence-corrected chi connectivity index (χ1v) is 4.60. The molecular weight excluding hydrogens is 241 g/mol. The van der Waals surface area contributed by atoms with Crippen molar-refractivity contribution >= 4 is 5.91 Å². The van der Waals surface area contributed by atoms with E-state index in [1.165, 1.54) is 25.3 Å². The normalized spacial score (nSPS) is 11.1. The maximum atomic E-state index is 12.0. The second-order valence-corrected chi connectivity index (χ2v) is 2.80. The van der Waals surface area contributed by atoms with Crippen LogP contribution in [0.5, 0.6) is 5.88 Å². The number of aromatic nitrogens is 1. The molecule has 0 bridgehead atoms. The lowest BCUT2D eigenvalue weighted by atomic mass is 10.5. The van der Waals surface area contributed by atoms with Gasteiger partial charge in [0.2, 0.25) is 5.88 Å². The van der Waals surface area contributed by atoms with Crippen LogP contribution in [-0.4, -0.2) is 22.5 Å². The van der Waals surface area contributed by atoms with Gasteiger partial charge in [-0.25, -0.2) is 4.98 Å². The summed E-state index contributed by atoms with van der Waals surface area (Å²) in [6, 6.07) is 4.32. The maximum absolute atomic E-state index is 12.0. The molecule has 0 aliphatic rings. The third kappa shape index (κ3) is 4.68. The predicted octanol–water partition coefficient (Wildman–Crippen LogP) is 2.07. The molecule has 1 heterocycles. The molecule has 0 N–H and O–H groups in total. The molecule has 0 aliphatic heterocycles. The molecule has 0 aliphatic carbocycles. The number of alkyl halides is 3. The molecule has 0 spiro atoms. The Morgan fingerprint density at radius 3 is 2.65 bits per heavy atom. The second-order valence-electron chi connectivity index (χ2n) is 2.80. The van der Waals surface area contributed by atoms with Crippen molar-refractivity contribution in [1.82, 2.24) is 10.2 Å². The summed E-state index contributed by atoms with van der Waals surface area (Å²) in [5.41, 5.74) is 0. The first kappa shape index (κ1) is 13.2. The van der Waals surface area contributed by atoms with E-state index in [0.29, 0.717) is 0 Å². The molecule has 0 unspecified atom stereocenters. The fraction of sp³-hybridized carbons (Fsp3) is 0.333. The van der Waals surface area contributed by atoms with Gasteiger partial charge in [-0.15, -0.1) is 18.0 Å². The minimum absolute atomic E-state index is 0.182. The number of pyridine rings is 1. The van der Waals surface area contributed by atoms with Crippen molar-refractivity contribution in [3.8, 4) is 5.88 Å². The summed E-state index contributed by atoms with van der Waals surface area (Å²) in [4.78, 5) is 22.7. The van der Waals surface area contributed by atoms with Crippen LogP contribution in [0.15, 0.2) is 24.4 Å². The van der Waals surface area contributed by atoms with Crippen LogP contribution < -0.4 is 4.84 Å². The Hall–Kier alpha value is -1.83. The molecule has 1 aromatic rings. The van der Waals surface area contributed by atoms with Gasteiger partial charge in [0.05, 0.1) is 0 Å². The Bertz CT molecular complexity index is 369. The Labute approximate surface area is 94.7 Å². The third-order valence-electron chi connectivity index (χ3n) is 1.51. The van der Waals surface area contributed by atoms with Crippen molar-refractivity contribution in [2.75, 3.05) is 0 Å². The van der Waals surface area contributed by atoms with Gasteiger partial charge >= 0.3 is 6.36 Å². The van der Waals surface area contributed by atoms with E-state index in [1.807, 2.05) is 0 Å². The molecule has 0 atom stereocenters. The fourth-order valence-electron chi connectivity index (χ4n) is 0.830. The smallest absolute Gasteiger partial charge is 0.330 e. The van der Waals surface area contributed by atoms with Crippen molar-refractivity contribution < 1.29 is 27.6 Å². The molecule has 5 nitrogen and oxygen atoms in total. The van der Waals surface area contributed by atoms with Crippen LogP contribution in [0.25, 0.3) is 0 Å². The molecule has 1 rings (SSSR count). The number of carbonyl (C=O) groups excluding carboxylic acids is 1. The van der Waals surface area contributed by atoms with Crippen molar-refractivity contribution in [1.29, 1.82) is 0 Å². The van der Waals surface area contributed by atoms with Crippen LogP contribution in [0.2, 0.25) is 0 Å². The van der Waals surface area contributed by atoms with Crippen LogP contribution in [0.1, 0.15) is 13.3 Å². The summed E-state index contributed by atoms with van der Waals surface area (Å²) >= 11 is 0. The van der Waals surface area contributed by atoms with Crippen molar-refractivity contribution in [3.05, 3.63) is 24.4 Å². The third-order valence-corrected chi connectivity index (χ3v) is 1.51. The van der Waals surface area contributed by atoms with Crippen molar-refractivity contribution in [2.24, 2.45) is 0 Å². The van der Waals surface area contributed by atoms with Gasteiger partial charge in [0, 0.05) is 18.7 Å². The number of carbonyl (C=O) groups is 1. The van der Waals surface area contributed by atoms with Crippen LogP contribution in [-0.2, 0) is 9.63 Å². The molecule has 0 aromatic carbocycles. The zero-order chi connectivity index (χ0) is 12.9. The molecule has 0 fully saturated rings. The molecule has 0 saturated carbocycles. The highest BCUT2D eigenvalue weighted by Gasteiger charge is 2.37. The number of hydroxylamine groups is 2. The van der Waals surface area contributed by atoms with Crippen LogP contribution in [0.4, 0.5) is 13.2 Å². The largest absolute Gasteiger partial charge is 0.546 e. The highest BCUT2D eigenvalue weighted by molar-refractivity contribution is 5.73. The molecule has 1 aromatic heterocycles. The SMILES string of the molecule is CCC(=O)N(Oc1ccccn1)OC(F)(F)F. The van der Waals surface area contributed by atoms with E-state index in [9.17, 15) is 18.0 Å². The first-order valence-electron chi connectivity index (χ1n) is 4.60. The average molecular weight is 250 g/mol. The Kier molecular flexibility index (Phi) is 4.27. The van der Waals surface area contributed by atoms with Crippen LogP contribution >= 0.6 is 0 Å². The number of hydrogen-bond donors (Lipinski definition) is 0. The molecule has 0 radical (unpaired) electrons. The van der Waals surface area contributed by atoms with Gasteiger partial charge < -0.3 is 4.84 Å². The summed E-state index contributed by atoms with van der Waals surface area (Å²) in [5.74, 6) is -1.16. The minimum atomic E-state index is -5.01. The van der Waals surface area contributed by atoms with E-state index in [2.05, 4.69) is 14.7 Å². The highest BCUT2D eigenvalue weighted by Crippen LogP contribution is 2.20. The van der Waals surface area contributed by atoms with E-state index < -0.39 is 12.3 Å². The van der Waals surface area contributed by atoms with Crippen molar-refractivity contribution in [2.45, 2.75) is 19.7 Å². The molecule has 94 valence electrons. The van der Waals surface area contributed by atoms with E-state index in [4.69, 9.17) is 0 Å².